The highest BCUT2D eigenvalue weighted by molar-refractivity contribution is 5.85. The first kappa shape index (κ1) is 14.0. The van der Waals surface area contributed by atoms with Crippen molar-refractivity contribution < 1.29 is 0 Å². The van der Waals surface area contributed by atoms with Crippen molar-refractivity contribution in [2.45, 2.75) is 32.4 Å². The molecule has 0 aromatic heterocycles. The summed E-state index contributed by atoms with van der Waals surface area (Å²) in [5.41, 5.74) is 5.52. The lowest BCUT2D eigenvalue weighted by molar-refractivity contribution is 0.0624. The fourth-order valence-corrected chi connectivity index (χ4v) is 1.39. The summed E-state index contributed by atoms with van der Waals surface area (Å²) in [4.78, 5) is 2.44. The van der Waals surface area contributed by atoms with Crippen molar-refractivity contribution in [3.8, 4) is 0 Å². The van der Waals surface area contributed by atoms with E-state index in [2.05, 4.69) is 18.7 Å². The zero-order valence-corrected chi connectivity index (χ0v) is 8.75. The minimum Gasteiger partial charge on any atom is -0.329 e. The van der Waals surface area contributed by atoms with Crippen LogP contribution in [0.5, 0.6) is 0 Å². The lowest BCUT2D eigenvalue weighted by Crippen LogP contribution is -2.54. The second kappa shape index (κ2) is 6.06. The van der Waals surface area contributed by atoms with E-state index in [9.17, 15) is 0 Å². The van der Waals surface area contributed by atoms with Crippen LogP contribution in [0.2, 0.25) is 0 Å². The lowest BCUT2D eigenvalue weighted by atomic mass is 10.0. The third kappa shape index (κ3) is 3.16. The summed E-state index contributed by atoms with van der Waals surface area (Å²) in [5.74, 6) is 0. The first-order chi connectivity index (χ1) is 4.25. The zero-order chi connectivity index (χ0) is 6.85. The number of rotatable bonds is 2. The average molecular weight is 201 g/mol. The van der Waals surface area contributed by atoms with Crippen LogP contribution >= 0.6 is 24.8 Å². The number of hydrogen-bond acceptors (Lipinski definition) is 2. The molecule has 1 unspecified atom stereocenters. The fourth-order valence-electron chi connectivity index (χ4n) is 1.39. The molecule has 0 aromatic rings. The van der Waals surface area contributed by atoms with Crippen molar-refractivity contribution in [1.29, 1.82) is 0 Å². The predicted molar refractivity (Wildman–Crippen MR) is 53.8 cm³/mol. The van der Waals surface area contributed by atoms with E-state index in [0.29, 0.717) is 12.1 Å². The number of nitrogens with zero attached hydrogens (tertiary/aromatic N) is 1. The molecule has 70 valence electrons. The molecular formula is C7H18Cl2N2. The minimum atomic E-state index is 0. The van der Waals surface area contributed by atoms with Gasteiger partial charge in [-0.3, -0.25) is 4.90 Å². The van der Waals surface area contributed by atoms with Gasteiger partial charge in [0.15, 0.2) is 0 Å². The standard InChI is InChI=1S/C7H16N2.2ClH/c1-6(2)9-4-3-7(9)5-8;;/h6-7H,3-5,8H2,1-2H3;2*1H. The first-order valence-corrected chi connectivity index (χ1v) is 3.71. The van der Waals surface area contributed by atoms with Gasteiger partial charge in [0, 0.05) is 25.2 Å². The average Bonchev–Trinajstić information content (AvgIpc) is 1.61. The van der Waals surface area contributed by atoms with Crippen LogP contribution < -0.4 is 5.73 Å². The van der Waals surface area contributed by atoms with Gasteiger partial charge in [0.25, 0.3) is 0 Å². The molecule has 1 saturated heterocycles. The van der Waals surface area contributed by atoms with E-state index in [1.165, 1.54) is 13.0 Å². The van der Waals surface area contributed by atoms with E-state index in [4.69, 9.17) is 5.73 Å². The Kier molecular flexibility index (Phi) is 7.75. The van der Waals surface area contributed by atoms with Gasteiger partial charge in [-0.2, -0.15) is 0 Å². The Morgan fingerprint density at radius 2 is 2.00 bits per heavy atom. The lowest BCUT2D eigenvalue weighted by Gasteiger charge is -2.43. The quantitative estimate of drug-likeness (QED) is 0.729. The molecule has 1 fully saturated rings. The zero-order valence-electron chi connectivity index (χ0n) is 7.12. The van der Waals surface area contributed by atoms with E-state index in [-0.39, 0.29) is 24.8 Å². The monoisotopic (exact) mass is 200 g/mol. The number of hydrogen-bond donors (Lipinski definition) is 1. The van der Waals surface area contributed by atoms with Crippen molar-refractivity contribution in [3.05, 3.63) is 0 Å². The normalized spacial score (nSPS) is 23.5. The van der Waals surface area contributed by atoms with Gasteiger partial charge in [0.05, 0.1) is 0 Å². The molecule has 4 heteroatoms. The van der Waals surface area contributed by atoms with Crippen molar-refractivity contribution in [2.24, 2.45) is 5.73 Å². The molecule has 0 aliphatic carbocycles. The van der Waals surface area contributed by atoms with Gasteiger partial charge in [-0.05, 0) is 20.3 Å². The first-order valence-electron chi connectivity index (χ1n) is 3.71. The van der Waals surface area contributed by atoms with Gasteiger partial charge < -0.3 is 5.73 Å². The molecule has 1 aliphatic heterocycles. The van der Waals surface area contributed by atoms with Crippen molar-refractivity contribution in [1.82, 2.24) is 4.90 Å². The van der Waals surface area contributed by atoms with E-state index in [0.717, 1.165) is 6.54 Å². The van der Waals surface area contributed by atoms with Crippen LogP contribution in [0.25, 0.3) is 0 Å². The Labute approximate surface area is 81.3 Å². The summed E-state index contributed by atoms with van der Waals surface area (Å²) in [6.07, 6.45) is 1.30. The van der Waals surface area contributed by atoms with Crippen LogP contribution in [0.4, 0.5) is 0 Å². The summed E-state index contributed by atoms with van der Waals surface area (Å²) in [6.45, 7) is 6.53. The maximum Gasteiger partial charge on any atom is 0.0233 e. The van der Waals surface area contributed by atoms with Crippen LogP contribution in [0, 0.1) is 0 Å². The topological polar surface area (TPSA) is 29.3 Å². The Morgan fingerprint density at radius 1 is 1.45 bits per heavy atom. The molecule has 0 saturated carbocycles. The number of likely N-dealkylation sites (tertiary alicyclic amines) is 1. The highest BCUT2D eigenvalue weighted by atomic mass is 35.5. The molecule has 0 bridgehead atoms. The van der Waals surface area contributed by atoms with Crippen LogP contribution in [-0.2, 0) is 0 Å². The Bertz CT molecular complexity index is 96.4. The fraction of sp³-hybridized carbons (Fsp3) is 1.00. The molecule has 0 amide bonds. The van der Waals surface area contributed by atoms with Crippen molar-refractivity contribution in [3.63, 3.8) is 0 Å². The summed E-state index contributed by atoms with van der Waals surface area (Å²) in [7, 11) is 0. The summed E-state index contributed by atoms with van der Waals surface area (Å²) in [5, 5.41) is 0. The second-order valence-electron chi connectivity index (χ2n) is 3.01. The van der Waals surface area contributed by atoms with Gasteiger partial charge in [0.1, 0.15) is 0 Å². The predicted octanol–water partition coefficient (Wildman–Crippen LogP) is 1.27. The van der Waals surface area contributed by atoms with E-state index in [1.807, 2.05) is 0 Å². The largest absolute Gasteiger partial charge is 0.329 e. The maximum atomic E-state index is 5.52. The van der Waals surface area contributed by atoms with Crippen molar-refractivity contribution >= 4 is 24.8 Å². The highest BCUT2D eigenvalue weighted by Crippen LogP contribution is 2.18. The molecule has 2 nitrogen and oxygen atoms in total. The number of nitrogens with two attached hydrogens (primary N) is 1. The van der Waals surface area contributed by atoms with Gasteiger partial charge in [-0.15, -0.1) is 24.8 Å². The Morgan fingerprint density at radius 3 is 2.09 bits per heavy atom. The van der Waals surface area contributed by atoms with E-state index in [1.54, 1.807) is 0 Å². The summed E-state index contributed by atoms with van der Waals surface area (Å²) in [6, 6.07) is 1.37. The molecule has 0 radical (unpaired) electrons. The number of halogens is 2. The maximum absolute atomic E-state index is 5.52. The van der Waals surface area contributed by atoms with Crippen molar-refractivity contribution in [2.75, 3.05) is 13.1 Å². The van der Waals surface area contributed by atoms with Gasteiger partial charge in [-0.1, -0.05) is 0 Å². The Balaban J connectivity index is 0. The molecule has 0 spiro atoms. The summed E-state index contributed by atoms with van der Waals surface area (Å²) < 4.78 is 0. The molecule has 11 heavy (non-hydrogen) atoms. The molecule has 1 heterocycles. The third-order valence-electron chi connectivity index (χ3n) is 2.12. The van der Waals surface area contributed by atoms with E-state index < -0.39 is 0 Å². The highest BCUT2D eigenvalue weighted by Gasteiger charge is 2.27. The van der Waals surface area contributed by atoms with Crippen LogP contribution in [0.3, 0.4) is 0 Å². The second-order valence-corrected chi connectivity index (χ2v) is 3.01. The molecule has 0 aromatic carbocycles. The summed E-state index contributed by atoms with van der Waals surface area (Å²) >= 11 is 0. The molecule has 1 aliphatic rings. The van der Waals surface area contributed by atoms with Crippen LogP contribution in [-0.4, -0.2) is 30.1 Å². The Hall–Kier alpha value is 0.500. The van der Waals surface area contributed by atoms with Gasteiger partial charge >= 0.3 is 0 Å². The van der Waals surface area contributed by atoms with Gasteiger partial charge in [-0.25, -0.2) is 0 Å². The molecule has 2 N–H and O–H groups in total. The third-order valence-corrected chi connectivity index (χ3v) is 2.12. The van der Waals surface area contributed by atoms with Gasteiger partial charge in [0.2, 0.25) is 0 Å². The van der Waals surface area contributed by atoms with Crippen LogP contribution in [0.1, 0.15) is 20.3 Å². The molecule has 1 rings (SSSR count). The smallest absolute Gasteiger partial charge is 0.0233 e. The van der Waals surface area contributed by atoms with Crippen LogP contribution in [0.15, 0.2) is 0 Å². The molecular weight excluding hydrogens is 183 g/mol. The van der Waals surface area contributed by atoms with E-state index >= 15 is 0 Å². The SMILES string of the molecule is CC(C)N1CCC1CN.Cl.Cl. The molecule has 1 atom stereocenters. The minimum absolute atomic E-state index is 0.